The maximum Gasteiger partial charge on any atom is 0.348 e. The van der Waals surface area contributed by atoms with Crippen LogP contribution in [0.4, 0.5) is 5.69 Å². The van der Waals surface area contributed by atoms with E-state index in [0.717, 1.165) is 69.8 Å². The number of hydrogen-bond donors (Lipinski definition) is 1. The third kappa shape index (κ3) is 6.71. The third-order valence-corrected chi connectivity index (χ3v) is 7.20. The molecule has 0 bridgehead atoms. The molecule has 1 aromatic carbocycles. The van der Waals surface area contributed by atoms with E-state index in [9.17, 15) is 14.4 Å². The quantitative estimate of drug-likeness (QED) is 0.301. The van der Waals surface area contributed by atoms with E-state index in [1.54, 1.807) is 31.2 Å². The van der Waals surface area contributed by atoms with Crippen LogP contribution in [0.3, 0.4) is 0 Å². The first-order valence-electron chi connectivity index (χ1n) is 12.2. The number of ether oxygens (including phenoxy) is 2. The third-order valence-electron chi connectivity index (χ3n) is 6.18. The number of esters is 1. The molecule has 0 unspecified atom stereocenters. The summed E-state index contributed by atoms with van der Waals surface area (Å²) in [7, 11) is 0. The fourth-order valence-electron chi connectivity index (χ4n) is 4.45. The average molecular weight is 501 g/mol. The van der Waals surface area contributed by atoms with Gasteiger partial charge in [-0.25, -0.2) is 9.59 Å². The molecule has 10 heteroatoms. The van der Waals surface area contributed by atoms with Crippen LogP contribution in [0.5, 0.6) is 0 Å². The molecule has 2 aliphatic rings. The Morgan fingerprint density at radius 3 is 2.66 bits per heavy atom. The van der Waals surface area contributed by atoms with Crippen molar-refractivity contribution in [3.63, 3.8) is 0 Å². The number of morpholine rings is 1. The van der Waals surface area contributed by atoms with Gasteiger partial charge in [0.15, 0.2) is 0 Å². The average Bonchev–Trinajstić information content (AvgIpc) is 3.35. The van der Waals surface area contributed by atoms with Gasteiger partial charge in [0, 0.05) is 43.1 Å². The molecule has 2 aromatic rings. The maximum absolute atomic E-state index is 12.8. The fourth-order valence-corrected chi connectivity index (χ4v) is 5.33. The van der Waals surface area contributed by atoms with Crippen molar-refractivity contribution in [3.8, 4) is 0 Å². The van der Waals surface area contributed by atoms with Crippen LogP contribution in [0.25, 0.3) is 0 Å². The summed E-state index contributed by atoms with van der Waals surface area (Å²) in [5.41, 5.74) is 2.98. The van der Waals surface area contributed by atoms with Crippen LogP contribution in [-0.4, -0.2) is 71.5 Å². The largest absolute Gasteiger partial charge is 0.462 e. The Bertz CT molecular complexity index is 1100. The molecule has 2 heterocycles. The topological polar surface area (TPSA) is 103 Å². The van der Waals surface area contributed by atoms with E-state index in [1.807, 2.05) is 4.57 Å². The van der Waals surface area contributed by atoms with E-state index in [-0.39, 0.29) is 17.3 Å². The zero-order chi connectivity index (χ0) is 24.6. The molecule has 35 heavy (non-hydrogen) atoms. The van der Waals surface area contributed by atoms with Crippen molar-refractivity contribution in [2.75, 3.05) is 50.5 Å². The predicted octanol–water partition coefficient (Wildman–Crippen LogP) is 2.36. The summed E-state index contributed by atoms with van der Waals surface area (Å²) in [5, 5.41) is 3.49. The second-order valence-corrected chi connectivity index (χ2v) is 9.54. The van der Waals surface area contributed by atoms with Crippen molar-refractivity contribution in [3.05, 3.63) is 51.6 Å². The van der Waals surface area contributed by atoms with Crippen LogP contribution in [0, 0.1) is 0 Å². The Labute approximate surface area is 209 Å². The number of nitrogens with one attached hydrogen (secondary N) is 1. The summed E-state index contributed by atoms with van der Waals surface area (Å²) >= 11 is 1.30. The second kappa shape index (κ2) is 12.3. The van der Waals surface area contributed by atoms with Crippen molar-refractivity contribution >= 4 is 29.3 Å². The molecule has 0 atom stereocenters. The van der Waals surface area contributed by atoms with Crippen molar-refractivity contribution < 1.29 is 19.1 Å². The molecule has 1 saturated heterocycles. The highest BCUT2D eigenvalue weighted by Crippen LogP contribution is 2.29. The Balaban J connectivity index is 1.33. The number of carbonyl (C=O) groups excluding carboxylic acids is 2. The van der Waals surface area contributed by atoms with Crippen LogP contribution in [0.1, 0.15) is 41.4 Å². The number of amides is 1. The lowest BCUT2D eigenvalue weighted by molar-refractivity contribution is -0.113. The smallest absolute Gasteiger partial charge is 0.348 e. The van der Waals surface area contributed by atoms with E-state index < -0.39 is 5.97 Å². The number of hydrogen-bond acceptors (Lipinski definition) is 8. The minimum atomic E-state index is -0.392. The Kier molecular flexibility index (Phi) is 8.95. The number of fused-ring (bicyclic) bond motifs is 1. The number of aromatic nitrogens is 2. The van der Waals surface area contributed by atoms with E-state index in [0.29, 0.717) is 29.4 Å². The van der Waals surface area contributed by atoms with Crippen molar-refractivity contribution in [1.29, 1.82) is 0 Å². The zero-order valence-electron chi connectivity index (χ0n) is 20.1. The minimum Gasteiger partial charge on any atom is -0.462 e. The molecule has 9 nitrogen and oxygen atoms in total. The summed E-state index contributed by atoms with van der Waals surface area (Å²) in [4.78, 5) is 43.8. The molecule has 1 aliphatic carbocycles. The van der Waals surface area contributed by atoms with E-state index in [2.05, 4.69) is 15.2 Å². The molecule has 1 aromatic heterocycles. The number of rotatable bonds is 10. The van der Waals surface area contributed by atoms with Gasteiger partial charge in [0.2, 0.25) is 5.91 Å². The summed E-state index contributed by atoms with van der Waals surface area (Å²) in [6.07, 6.45) is 3.65. The second-order valence-electron chi connectivity index (χ2n) is 8.57. The summed E-state index contributed by atoms with van der Waals surface area (Å²) in [6.45, 7) is 7.11. The van der Waals surface area contributed by atoms with Crippen LogP contribution < -0.4 is 11.0 Å². The van der Waals surface area contributed by atoms with Gasteiger partial charge in [-0.2, -0.15) is 4.98 Å². The molecule has 188 valence electrons. The van der Waals surface area contributed by atoms with Gasteiger partial charge in [0.05, 0.1) is 31.1 Å². The van der Waals surface area contributed by atoms with Gasteiger partial charge in [-0.15, -0.1) is 0 Å². The molecule has 0 spiro atoms. The Morgan fingerprint density at radius 2 is 1.91 bits per heavy atom. The number of carbonyl (C=O) groups is 2. The molecular formula is C25H32N4O5S. The highest BCUT2D eigenvalue weighted by Gasteiger charge is 2.22. The SMILES string of the molecule is CCOC(=O)c1ccc(NC(=O)CSc2nc(=O)n(CCCN3CCOCC3)c3c2CCC3)cc1. The lowest BCUT2D eigenvalue weighted by Gasteiger charge is -2.26. The normalized spacial score (nSPS) is 15.6. The molecule has 1 N–H and O–H groups in total. The Morgan fingerprint density at radius 1 is 1.14 bits per heavy atom. The predicted molar refractivity (Wildman–Crippen MR) is 134 cm³/mol. The van der Waals surface area contributed by atoms with Crippen LogP contribution >= 0.6 is 11.8 Å². The number of thioether (sulfide) groups is 1. The zero-order valence-corrected chi connectivity index (χ0v) is 20.9. The van der Waals surface area contributed by atoms with Gasteiger partial charge in [0.25, 0.3) is 0 Å². The molecular weight excluding hydrogens is 468 g/mol. The molecule has 1 amide bonds. The molecule has 1 fully saturated rings. The number of benzene rings is 1. The highest BCUT2D eigenvalue weighted by atomic mass is 32.2. The summed E-state index contributed by atoms with van der Waals surface area (Å²) in [5.74, 6) is -0.432. The molecule has 1 aliphatic heterocycles. The summed E-state index contributed by atoms with van der Waals surface area (Å²) < 4.78 is 12.2. The maximum atomic E-state index is 12.8. The highest BCUT2D eigenvalue weighted by molar-refractivity contribution is 8.00. The van der Waals surface area contributed by atoms with Crippen LogP contribution in [0.2, 0.25) is 0 Å². The van der Waals surface area contributed by atoms with Crippen molar-refractivity contribution in [2.24, 2.45) is 0 Å². The van der Waals surface area contributed by atoms with Crippen LogP contribution in [0.15, 0.2) is 34.1 Å². The summed E-state index contributed by atoms with van der Waals surface area (Å²) in [6, 6.07) is 6.58. The monoisotopic (exact) mass is 500 g/mol. The van der Waals surface area contributed by atoms with Crippen LogP contribution in [-0.2, 0) is 33.7 Å². The molecule has 4 rings (SSSR count). The molecule has 0 saturated carbocycles. The van der Waals surface area contributed by atoms with E-state index in [1.165, 1.54) is 11.8 Å². The van der Waals surface area contributed by atoms with Gasteiger partial charge < -0.3 is 14.8 Å². The standard InChI is InChI=1S/C25H32N4O5S/c1-2-34-24(31)18-7-9-19(10-8-18)26-22(30)17-35-23-20-5-3-6-21(20)29(25(32)27-23)12-4-11-28-13-15-33-16-14-28/h7-10H,2-6,11-17H2,1H3,(H,26,30). The Hall–Kier alpha value is -2.69. The lowest BCUT2D eigenvalue weighted by atomic mass is 10.2. The first kappa shape index (κ1) is 25.4. The number of nitrogens with zero attached hydrogens (tertiary/aromatic N) is 3. The van der Waals surface area contributed by atoms with E-state index in [4.69, 9.17) is 9.47 Å². The van der Waals surface area contributed by atoms with Gasteiger partial charge in [-0.1, -0.05) is 11.8 Å². The molecule has 0 radical (unpaired) electrons. The lowest BCUT2D eigenvalue weighted by Crippen LogP contribution is -2.37. The van der Waals surface area contributed by atoms with Crippen molar-refractivity contribution in [2.45, 2.75) is 44.2 Å². The fraction of sp³-hybridized carbons (Fsp3) is 0.520. The van der Waals surface area contributed by atoms with Gasteiger partial charge >= 0.3 is 11.7 Å². The van der Waals surface area contributed by atoms with E-state index >= 15 is 0 Å². The van der Waals surface area contributed by atoms with Gasteiger partial charge in [-0.05, 0) is 56.9 Å². The first-order valence-corrected chi connectivity index (χ1v) is 13.2. The van der Waals surface area contributed by atoms with Gasteiger partial charge in [0.1, 0.15) is 5.03 Å². The minimum absolute atomic E-state index is 0.152. The van der Waals surface area contributed by atoms with Crippen molar-refractivity contribution in [1.82, 2.24) is 14.5 Å². The number of anilines is 1. The van der Waals surface area contributed by atoms with Gasteiger partial charge in [-0.3, -0.25) is 14.3 Å². The first-order chi connectivity index (χ1) is 17.0.